The Morgan fingerprint density at radius 3 is 2.72 bits per heavy atom. The molecule has 0 atom stereocenters. The molecular weight excluding hydrogens is 380 g/mol. The highest BCUT2D eigenvalue weighted by molar-refractivity contribution is 7.99. The first-order valence-electron chi connectivity index (χ1n) is 9.43. The molecule has 2 aromatic carbocycles. The van der Waals surface area contributed by atoms with Crippen molar-refractivity contribution in [1.82, 2.24) is 9.38 Å². The van der Waals surface area contributed by atoms with E-state index in [1.165, 1.54) is 11.8 Å². The molecule has 0 aliphatic carbocycles. The summed E-state index contributed by atoms with van der Waals surface area (Å²) in [5.41, 5.74) is 5.81. The SMILES string of the molecule is CCc1cc(SCC(=O)Nc2ccccc2C)n2c(nc3ccccc32)c1C#N. The Morgan fingerprint density at radius 2 is 1.97 bits per heavy atom. The molecule has 144 valence electrons. The second kappa shape index (κ2) is 7.98. The lowest BCUT2D eigenvalue weighted by molar-refractivity contribution is -0.113. The molecule has 0 unspecified atom stereocenters. The molecule has 5 nitrogen and oxygen atoms in total. The van der Waals surface area contributed by atoms with E-state index in [9.17, 15) is 10.1 Å². The number of aryl methyl sites for hydroxylation is 2. The summed E-state index contributed by atoms with van der Waals surface area (Å²) < 4.78 is 1.98. The number of carbonyl (C=O) groups is 1. The van der Waals surface area contributed by atoms with E-state index in [1.807, 2.05) is 72.8 Å². The lowest BCUT2D eigenvalue weighted by Gasteiger charge is -2.12. The smallest absolute Gasteiger partial charge is 0.234 e. The summed E-state index contributed by atoms with van der Waals surface area (Å²) in [5, 5.41) is 13.6. The zero-order valence-corrected chi connectivity index (χ0v) is 17.1. The van der Waals surface area contributed by atoms with Crippen LogP contribution in [0.1, 0.15) is 23.6 Å². The minimum Gasteiger partial charge on any atom is -0.325 e. The molecule has 4 aromatic rings. The van der Waals surface area contributed by atoms with Crippen LogP contribution in [0.2, 0.25) is 0 Å². The predicted molar refractivity (Wildman–Crippen MR) is 117 cm³/mol. The Balaban J connectivity index is 1.71. The van der Waals surface area contributed by atoms with Crippen LogP contribution >= 0.6 is 11.8 Å². The lowest BCUT2D eigenvalue weighted by atomic mass is 10.1. The second-order valence-electron chi connectivity index (χ2n) is 6.76. The van der Waals surface area contributed by atoms with Gasteiger partial charge in [0.05, 0.1) is 27.4 Å². The van der Waals surface area contributed by atoms with Gasteiger partial charge in [-0.15, -0.1) is 0 Å². The van der Waals surface area contributed by atoms with Crippen LogP contribution in [0.15, 0.2) is 59.6 Å². The Morgan fingerprint density at radius 1 is 1.21 bits per heavy atom. The number of nitriles is 1. The largest absolute Gasteiger partial charge is 0.325 e. The Hall–Kier alpha value is -3.30. The second-order valence-corrected chi connectivity index (χ2v) is 7.76. The molecule has 1 N–H and O–H groups in total. The van der Waals surface area contributed by atoms with E-state index in [0.29, 0.717) is 11.2 Å². The number of imidazole rings is 1. The number of pyridine rings is 1. The van der Waals surface area contributed by atoms with Crippen LogP contribution in [0.3, 0.4) is 0 Å². The van der Waals surface area contributed by atoms with Gasteiger partial charge in [-0.2, -0.15) is 5.26 Å². The molecule has 0 aliphatic heterocycles. The maximum Gasteiger partial charge on any atom is 0.234 e. The first-order chi connectivity index (χ1) is 14.1. The van der Waals surface area contributed by atoms with Crippen molar-refractivity contribution in [3.63, 3.8) is 0 Å². The summed E-state index contributed by atoms with van der Waals surface area (Å²) in [6.07, 6.45) is 0.728. The van der Waals surface area contributed by atoms with Gasteiger partial charge in [0, 0.05) is 5.69 Å². The number of carbonyl (C=O) groups excluding carboxylic acids is 1. The highest BCUT2D eigenvalue weighted by atomic mass is 32.2. The molecule has 2 aromatic heterocycles. The number of hydrogen-bond acceptors (Lipinski definition) is 4. The number of hydrogen-bond donors (Lipinski definition) is 1. The highest BCUT2D eigenvalue weighted by Gasteiger charge is 2.17. The average molecular weight is 401 g/mol. The van der Waals surface area contributed by atoms with E-state index in [-0.39, 0.29) is 11.7 Å². The van der Waals surface area contributed by atoms with Gasteiger partial charge in [0.2, 0.25) is 5.91 Å². The zero-order valence-electron chi connectivity index (χ0n) is 16.3. The first-order valence-corrected chi connectivity index (χ1v) is 10.4. The van der Waals surface area contributed by atoms with Crippen molar-refractivity contribution >= 4 is 40.0 Å². The average Bonchev–Trinajstić information content (AvgIpc) is 3.12. The summed E-state index contributed by atoms with van der Waals surface area (Å²) in [6.45, 7) is 3.99. The van der Waals surface area contributed by atoms with Crippen molar-refractivity contribution in [2.24, 2.45) is 0 Å². The van der Waals surface area contributed by atoms with Gasteiger partial charge in [-0.1, -0.05) is 49.0 Å². The van der Waals surface area contributed by atoms with Gasteiger partial charge in [0.15, 0.2) is 5.65 Å². The Labute approximate surface area is 173 Å². The summed E-state index contributed by atoms with van der Waals surface area (Å²) in [6, 6.07) is 19.9. The van der Waals surface area contributed by atoms with Crippen LogP contribution in [-0.2, 0) is 11.2 Å². The fraction of sp³-hybridized carbons (Fsp3) is 0.174. The molecule has 0 bridgehead atoms. The van der Waals surface area contributed by atoms with E-state index in [1.54, 1.807) is 0 Å². The lowest BCUT2D eigenvalue weighted by Crippen LogP contribution is -2.15. The topological polar surface area (TPSA) is 70.2 Å². The van der Waals surface area contributed by atoms with Gasteiger partial charge in [-0.25, -0.2) is 4.98 Å². The van der Waals surface area contributed by atoms with Gasteiger partial charge < -0.3 is 5.32 Å². The van der Waals surface area contributed by atoms with Crippen molar-refractivity contribution in [1.29, 1.82) is 5.26 Å². The van der Waals surface area contributed by atoms with Crippen molar-refractivity contribution in [3.8, 4) is 6.07 Å². The van der Waals surface area contributed by atoms with Gasteiger partial charge >= 0.3 is 0 Å². The van der Waals surface area contributed by atoms with Crippen molar-refractivity contribution in [2.75, 3.05) is 11.1 Å². The number of nitrogens with zero attached hydrogens (tertiary/aromatic N) is 3. The van der Waals surface area contributed by atoms with E-state index >= 15 is 0 Å². The monoisotopic (exact) mass is 400 g/mol. The molecule has 0 spiro atoms. The molecule has 29 heavy (non-hydrogen) atoms. The normalized spacial score (nSPS) is 10.9. The van der Waals surface area contributed by atoms with E-state index in [2.05, 4.69) is 16.4 Å². The number of rotatable bonds is 5. The fourth-order valence-corrected chi connectivity index (χ4v) is 4.28. The molecule has 6 heteroatoms. The van der Waals surface area contributed by atoms with Crippen LogP contribution in [0, 0.1) is 18.3 Å². The first kappa shape index (κ1) is 19.0. The number of benzene rings is 2. The highest BCUT2D eigenvalue weighted by Crippen LogP contribution is 2.30. The molecule has 0 radical (unpaired) electrons. The maximum absolute atomic E-state index is 12.5. The molecule has 1 amide bonds. The molecule has 0 aliphatic rings. The summed E-state index contributed by atoms with van der Waals surface area (Å²) in [5.74, 6) is 0.203. The molecule has 0 saturated carbocycles. The molecule has 2 heterocycles. The summed E-state index contributed by atoms with van der Waals surface area (Å²) >= 11 is 1.45. The fourth-order valence-electron chi connectivity index (χ4n) is 3.39. The van der Waals surface area contributed by atoms with Crippen LogP contribution in [0.5, 0.6) is 0 Å². The number of nitrogens with one attached hydrogen (secondary N) is 1. The summed E-state index contributed by atoms with van der Waals surface area (Å²) in [4.78, 5) is 17.2. The van der Waals surface area contributed by atoms with Crippen molar-refractivity contribution in [3.05, 3.63) is 71.3 Å². The van der Waals surface area contributed by atoms with Crippen LogP contribution < -0.4 is 5.32 Å². The number of aromatic nitrogens is 2. The molecule has 0 fully saturated rings. The third kappa shape index (κ3) is 3.57. The third-order valence-corrected chi connectivity index (χ3v) is 5.89. The van der Waals surface area contributed by atoms with Gasteiger partial charge in [0.1, 0.15) is 6.07 Å². The maximum atomic E-state index is 12.5. The zero-order chi connectivity index (χ0) is 20.4. The third-order valence-electron chi connectivity index (χ3n) is 4.89. The quantitative estimate of drug-likeness (QED) is 0.481. The Kier molecular flexibility index (Phi) is 5.24. The van der Waals surface area contributed by atoms with Crippen molar-refractivity contribution in [2.45, 2.75) is 25.3 Å². The van der Waals surface area contributed by atoms with Gasteiger partial charge in [0.25, 0.3) is 0 Å². The molecule has 4 rings (SSSR count). The molecule has 0 saturated heterocycles. The number of thioether (sulfide) groups is 1. The van der Waals surface area contributed by atoms with E-state index < -0.39 is 0 Å². The van der Waals surface area contributed by atoms with Crippen LogP contribution in [-0.4, -0.2) is 21.0 Å². The predicted octanol–water partition coefficient (Wildman–Crippen LogP) is 4.96. The number of fused-ring (bicyclic) bond motifs is 3. The van der Waals surface area contributed by atoms with Crippen molar-refractivity contribution < 1.29 is 4.79 Å². The standard InChI is InChI=1S/C23H20N4OS/c1-3-16-12-22(29-14-21(28)25-18-9-5-4-8-15(18)2)27-20-11-7-6-10-19(20)26-23(27)17(16)13-24/h4-12H,3,14H2,1-2H3,(H,25,28). The van der Waals surface area contributed by atoms with Gasteiger partial charge in [-0.05, 0) is 48.7 Å². The minimum atomic E-state index is -0.0655. The van der Waals surface area contributed by atoms with Crippen LogP contribution in [0.25, 0.3) is 16.7 Å². The Bertz CT molecular complexity index is 1270. The van der Waals surface area contributed by atoms with E-state index in [0.717, 1.165) is 39.3 Å². The molecular formula is C23H20N4OS. The summed E-state index contributed by atoms with van der Waals surface area (Å²) in [7, 11) is 0. The minimum absolute atomic E-state index is 0.0655. The number of anilines is 1. The number of para-hydroxylation sites is 3. The number of amides is 1. The van der Waals surface area contributed by atoms with Gasteiger partial charge in [-0.3, -0.25) is 9.20 Å². The van der Waals surface area contributed by atoms with E-state index in [4.69, 9.17) is 0 Å². The van der Waals surface area contributed by atoms with Crippen LogP contribution in [0.4, 0.5) is 5.69 Å².